The highest BCUT2D eigenvalue weighted by Gasteiger charge is 2.46. The molecule has 4 unspecified atom stereocenters. The second kappa shape index (κ2) is 4.43. The Bertz CT molecular complexity index is 290. The van der Waals surface area contributed by atoms with Crippen LogP contribution in [0.4, 0.5) is 0 Å². The van der Waals surface area contributed by atoms with Crippen molar-refractivity contribution in [2.75, 3.05) is 25.4 Å². The standard InChI is InChI=1S/C14H26N2S/c1-14(2)9-16(5-6-17-14)8-12-10-3-4-11(7-10)13(12)15/h10-13H,3-9,15H2,1-2H3. The Morgan fingerprint density at radius 1 is 1.29 bits per heavy atom. The Morgan fingerprint density at radius 2 is 2.06 bits per heavy atom. The van der Waals surface area contributed by atoms with Gasteiger partial charge in [0.1, 0.15) is 0 Å². The molecule has 0 aromatic heterocycles. The Morgan fingerprint density at radius 3 is 2.71 bits per heavy atom. The van der Waals surface area contributed by atoms with Gasteiger partial charge in [-0.1, -0.05) is 0 Å². The van der Waals surface area contributed by atoms with E-state index in [0.29, 0.717) is 10.8 Å². The summed E-state index contributed by atoms with van der Waals surface area (Å²) in [4.78, 5) is 2.68. The van der Waals surface area contributed by atoms with Crippen LogP contribution in [0.15, 0.2) is 0 Å². The first kappa shape index (κ1) is 12.3. The molecule has 1 saturated heterocycles. The molecule has 0 aromatic carbocycles. The van der Waals surface area contributed by atoms with Crippen LogP contribution in [0.2, 0.25) is 0 Å². The van der Waals surface area contributed by atoms with Crippen LogP contribution in [0.3, 0.4) is 0 Å². The van der Waals surface area contributed by atoms with Gasteiger partial charge < -0.3 is 10.6 Å². The third-order valence-corrected chi connectivity index (χ3v) is 6.43. The van der Waals surface area contributed by atoms with E-state index in [1.54, 1.807) is 0 Å². The van der Waals surface area contributed by atoms with Crippen LogP contribution in [0.1, 0.15) is 33.1 Å². The van der Waals surface area contributed by atoms with E-state index in [1.807, 2.05) is 0 Å². The van der Waals surface area contributed by atoms with Gasteiger partial charge in [-0.25, -0.2) is 0 Å². The smallest absolute Gasteiger partial charge is 0.0231 e. The van der Waals surface area contributed by atoms with Crippen LogP contribution in [-0.4, -0.2) is 41.1 Å². The second-order valence-corrected chi connectivity index (χ2v) is 8.72. The van der Waals surface area contributed by atoms with Gasteiger partial charge in [0.15, 0.2) is 0 Å². The van der Waals surface area contributed by atoms with Gasteiger partial charge in [-0.3, -0.25) is 0 Å². The van der Waals surface area contributed by atoms with Crippen LogP contribution < -0.4 is 5.73 Å². The van der Waals surface area contributed by atoms with Crippen LogP contribution in [0.5, 0.6) is 0 Å². The van der Waals surface area contributed by atoms with Crippen molar-refractivity contribution in [2.45, 2.75) is 43.9 Å². The molecule has 2 aliphatic carbocycles. The number of nitrogens with zero attached hydrogens (tertiary/aromatic N) is 1. The van der Waals surface area contributed by atoms with Gasteiger partial charge in [0.2, 0.25) is 0 Å². The van der Waals surface area contributed by atoms with Crippen molar-refractivity contribution >= 4 is 11.8 Å². The molecule has 17 heavy (non-hydrogen) atoms. The summed E-state index contributed by atoms with van der Waals surface area (Å²) in [5.41, 5.74) is 6.42. The molecule has 3 rings (SSSR count). The first-order valence-corrected chi connectivity index (χ1v) is 8.16. The van der Waals surface area contributed by atoms with E-state index in [2.05, 4.69) is 30.5 Å². The second-order valence-electron chi connectivity index (χ2n) is 6.92. The van der Waals surface area contributed by atoms with Crippen LogP contribution in [0.25, 0.3) is 0 Å². The van der Waals surface area contributed by atoms with Gasteiger partial charge in [0.25, 0.3) is 0 Å². The summed E-state index contributed by atoms with van der Waals surface area (Å²) in [7, 11) is 0. The molecular weight excluding hydrogens is 228 g/mol. The minimum absolute atomic E-state index is 0.444. The molecule has 0 aromatic rings. The summed E-state index contributed by atoms with van der Waals surface area (Å²) in [6.07, 6.45) is 4.29. The minimum Gasteiger partial charge on any atom is -0.327 e. The first-order chi connectivity index (χ1) is 8.05. The maximum atomic E-state index is 6.42. The van der Waals surface area contributed by atoms with Gasteiger partial charge in [-0.15, -0.1) is 0 Å². The van der Waals surface area contributed by atoms with E-state index < -0.39 is 0 Å². The maximum absolute atomic E-state index is 6.42. The Hall–Kier alpha value is 0.270. The minimum atomic E-state index is 0.444. The van der Waals surface area contributed by atoms with E-state index in [4.69, 9.17) is 5.73 Å². The molecule has 2 saturated carbocycles. The van der Waals surface area contributed by atoms with Crippen LogP contribution >= 0.6 is 11.8 Å². The molecule has 98 valence electrons. The number of nitrogens with two attached hydrogens (primary N) is 1. The molecule has 4 atom stereocenters. The van der Waals surface area contributed by atoms with E-state index >= 15 is 0 Å². The zero-order valence-electron chi connectivity index (χ0n) is 11.2. The topological polar surface area (TPSA) is 29.3 Å². The van der Waals surface area contributed by atoms with Crippen LogP contribution in [-0.2, 0) is 0 Å². The van der Waals surface area contributed by atoms with E-state index in [9.17, 15) is 0 Å². The SMILES string of the molecule is CC1(C)CN(CC2C3CCC(C3)C2N)CCS1. The first-order valence-electron chi connectivity index (χ1n) is 7.17. The van der Waals surface area contributed by atoms with E-state index in [-0.39, 0.29) is 0 Å². The fourth-order valence-electron chi connectivity index (χ4n) is 4.29. The normalized spacial score (nSPS) is 45.4. The lowest BCUT2D eigenvalue weighted by molar-refractivity contribution is 0.169. The van der Waals surface area contributed by atoms with Crippen molar-refractivity contribution in [3.63, 3.8) is 0 Å². The molecule has 1 aliphatic heterocycles. The van der Waals surface area contributed by atoms with Gasteiger partial charge in [-0.05, 0) is 50.9 Å². The van der Waals surface area contributed by atoms with Crippen LogP contribution in [0, 0.1) is 17.8 Å². The number of hydrogen-bond donors (Lipinski definition) is 1. The van der Waals surface area contributed by atoms with Gasteiger partial charge in [0, 0.05) is 36.2 Å². The van der Waals surface area contributed by atoms with Crippen molar-refractivity contribution in [2.24, 2.45) is 23.5 Å². The molecule has 0 amide bonds. The van der Waals surface area contributed by atoms with E-state index in [1.165, 1.54) is 44.6 Å². The summed E-state index contributed by atoms with van der Waals surface area (Å²) < 4.78 is 0.444. The molecular formula is C14H26N2S. The van der Waals surface area contributed by atoms with E-state index in [0.717, 1.165) is 17.8 Å². The van der Waals surface area contributed by atoms with Crippen molar-refractivity contribution in [3.8, 4) is 0 Å². The molecule has 1 heterocycles. The quantitative estimate of drug-likeness (QED) is 0.819. The summed E-state index contributed by atoms with van der Waals surface area (Å²) in [6, 6.07) is 0.506. The predicted octanol–water partition coefficient (Wildman–Crippen LogP) is 2.19. The maximum Gasteiger partial charge on any atom is 0.0231 e. The Kier molecular flexibility index (Phi) is 3.21. The number of thioether (sulfide) groups is 1. The molecule has 0 radical (unpaired) electrons. The van der Waals surface area contributed by atoms with Crippen molar-refractivity contribution in [3.05, 3.63) is 0 Å². The molecule has 2 N–H and O–H groups in total. The monoisotopic (exact) mass is 254 g/mol. The number of rotatable bonds is 2. The highest BCUT2D eigenvalue weighted by molar-refractivity contribution is 8.00. The Labute approximate surface area is 110 Å². The third kappa shape index (κ3) is 2.39. The Balaban J connectivity index is 1.60. The highest BCUT2D eigenvalue weighted by Crippen LogP contribution is 2.48. The van der Waals surface area contributed by atoms with Gasteiger partial charge in [0.05, 0.1) is 0 Å². The fourth-order valence-corrected chi connectivity index (χ4v) is 5.47. The van der Waals surface area contributed by atoms with Crippen molar-refractivity contribution in [1.29, 1.82) is 0 Å². The average Bonchev–Trinajstić information content (AvgIpc) is 2.81. The molecule has 0 spiro atoms. The lowest BCUT2D eigenvalue weighted by Crippen LogP contribution is -2.49. The third-order valence-electron chi connectivity index (χ3n) is 5.13. The zero-order valence-corrected chi connectivity index (χ0v) is 12.0. The predicted molar refractivity (Wildman–Crippen MR) is 75.3 cm³/mol. The summed E-state index contributed by atoms with van der Waals surface area (Å²) in [5, 5.41) is 0. The molecule has 3 fully saturated rings. The lowest BCUT2D eigenvalue weighted by atomic mass is 9.84. The summed E-state index contributed by atoms with van der Waals surface area (Å²) in [6.45, 7) is 8.55. The van der Waals surface area contributed by atoms with Crippen molar-refractivity contribution < 1.29 is 0 Å². The van der Waals surface area contributed by atoms with Gasteiger partial charge >= 0.3 is 0 Å². The number of hydrogen-bond acceptors (Lipinski definition) is 3. The molecule has 3 heteroatoms. The highest BCUT2D eigenvalue weighted by atomic mass is 32.2. The van der Waals surface area contributed by atoms with Crippen molar-refractivity contribution in [1.82, 2.24) is 4.90 Å². The largest absolute Gasteiger partial charge is 0.327 e. The molecule has 3 aliphatic rings. The molecule has 2 bridgehead atoms. The lowest BCUT2D eigenvalue weighted by Gasteiger charge is -2.41. The molecule has 2 nitrogen and oxygen atoms in total. The summed E-state index contributed by atoms with van der Waals surface area (Å²) >= 11 is 2.13. The fraction of sp³-hybridized carbons (Fsp3) is 1.00. The number of fused-ring (bicyclic) bond motifs is 2. The summed E-state index contributed by atoms with van der Waals surface area (Å²) in [5.74, 6) is 3.90. The zero-order chi connectivity index (χ0) is 12.0. The average molecular weight is 254 g/mol. The van der Waals surface area contributed by atoms with Gasteiger partial charge in [-0.2, -0.15) is 11.8 Å².